The van der Waals surface area contributed by atoms with Crippen LogP contribution >= 0.6 is 39.1 Å². The molecular formula is C15H13BrCl2O3. The molecule has 0 aromatic heterocycles. The van der Waals surface area contributed by atoms with Crippen LogP contribution in [0.1, 0.15) is 11.1 Å². The lowest BCUT2D eigenvalue weighted by Gasteiger charge is -2.24. The lowest BCUT2D eigenvalue weighted by molar-refractivity contribution is -0.155. The third-order valence-corrected chi connectivity index (χ3v) is 3.34. The van der Waals surface area contributed by atoms with Crippen LogP contribution in [0.5, 0.6) is 0 Å². The first-order valence-electron chi connectivity index (χ1n) is 5.80. The maximum Gasteiger partial charge on any atom is 0.345 e. The van der Waals surface area contributed by atoms with Gasteiger partial charge >= 0.3 is 5.97 Å². The van der Waals surface area contributed by atoms with Crippen LogP contribution in [0, 0.1) is 0 Å². The van der Waals surface area contributed by atoms with Gasteiger partial charge < -0.3 is 10.2 Å². The van der Waals surface area contributed by atoms with Crippen LogP contribution in [0.25, 0.3) is 0 Å². The predicted molar refractivity (Wildman–Crippen MR) is 88.4 cm³/mol. The molecule has 0 amide bonds. The van der Waals surface area contributed by atoms with E-state index in [9.17, 15) is 15.0 Å². The Balaban J connectivity index is 0.00000106. The first-order valence-corrected chi connectivity index (χ1v) is 8.14. The maximum absolute atomic E-state index is 11.5. The zero-order chi connectivity index (χ0) is 16.0. The van der Waals surface area contributed by atoms with E-state index in [1.54, 1.807) is 0 Å². The summed E-state index contributed by atoms with van der Waals surface area (Å²) >= 11 is 14.5. The van der Waals surface area contributed by atoms with E-state index in [-0.39, 0.29) is 11.1 Å². The molecule has 0 radical (unpaired) electrons. The maximum atomic E-state index is 11.5. The van der Waals surface area contributed by atoms with E-state index in [0.29, 0.717) is 10.0 Å². The third kappa shape index (κ3) is 3.98. The van der Waals surface area contributed by atoms with Gasteiger partial charge in [0.2, 0.25) is 5.60 Å². The number of alkyl halides is 1. The van der Waals surface area contributed by atoms with Crippen LogP contribution in [0.4, 0.5) is 0 Å². The minimum atomic E-state index is -2.13. The number of carboxylic acid groups (broad SMARTS) is 1. The molecule has 112 valence electrons. The van der Waals surface area contributed by atoms with Gasteiger partial charge in [-0.25, -0.2) is 4.79 Å². The molecule has 2 rings (SSSR count). The quantitative estimate of drug-likeness (QED) is 0.765. The summed E-state index contributed by atoms with van der Waals surface area (Å²) in [5.74, 6) is 0.449. The van der Waals surface area contributed by atoms with Gasteiger partial charge in [0.25, 0.3) is 0 Å². The minimum absolute atomic E-state index is 0.228. The molecule has 0 saturated heterocycles. The molecule has 0 aliphatic rings. The van der Waals surface area contributed by atoms with Gasteiger partial charge in [0.15, 0.2) is 0 Å². The van der Waals surface area contributed by atoms with Crippen LogP contribution in [-0.2, 0) is 10.4 Å². The van der Waals surface area contributed by atoms with Crippen molar-refractivity contribution in [3.05, 3.63) is 69.7 Å². The zero-order valence-electron chi connectivity index (χ0n) is 11.1. The molecule has 0 spiro atoms. The number of hydrogen-bond acceptors (Lipinski definition) is 2. The van der Waals surface area contributed by atoms with Crippen molar-refractivity contribution in [2.24, 2.45) is 0 Å². The van der Waals surface area contributed by atoms with E-state index in [4.69, 9.17) is 23.2 Å². The minimum Gasteiger partial charge on any atom is -0.479 e. The lowest BCUT2D eigenvalue weighted by atomic mass is 9.86. The molecule has 3 nitrogen and oxygen atoms in total. The Labute approximate surface area is 141 Å². The fourth-order valence-corrected chi connectivity index (χ4v) is 2.05. The molecule has 6 heteroatoms. The fraction of sp³-hybridized carbons (Fsp3) is 0.133. The van der Waals surface area contributed by atoms with Gasteiger partial charge in [-0.1, -0.05) is 63.4 Å². The number of halogens is 3. The number of benzene rings is 2. The van der Waals surface area contributed by atoms with E-state index in [1.165, 1.54) is 48.5 Å². The number of carbonyl (C=O) groups is 1. The Morgan fingerprint density at radius 2 is 1.19 bits per heavy atom. The van der Waals surface area contributed by atoms with Crippen molar-refractivity contribution in [3.8, 4) is 0 Å². The van der Waals surface area contributed by atoms with Gasteiger partial charge in [0.1, 0.15) is 0 Å². The topological polar surface area (TPSA) is 57.5 Å². The highest BCUT2D eigenvalue weighted by atomic mass is 79.9. The SMILES string of the molecule is CBr.O=C(O)C(O)(c1ccc(Cl)cc1)c1ccc(Cl)cc1. The first kappa shape index (κ1) is 18.0. The number of aliphatic hydroxyl groups is 1. The molecule has 0 aliphatic heterocycles. The molecule has 21 heavy (non-hydrogen) atoms. The highest BCUT2D eigenvalue weighted by molar-refractivity contribution is 9.08. The Hall–Kier alpha value is -1.07. The van der Waals surface area contributed by atoms with Crippen LogP contribution in [-0.4, -0.2) is 22.0 Å². The Morgan fingerprint density at radius 1 is 0.905 bits per heavy atom. The average molecular weight is 392 g/mol. The van der Waals surface area contributed by atoms with Gasteiger partial charge in [-0.15, -0.1) is 0 Å². The summed E-state index contributed by atoms with van der Waals surface area (Å²) in [5, 5.41) is 20.8. The van der Waals surface area contributed by atoms with E-state index < -0.39 is 11.6 Å². The molecule has 0 fully saturated rings. The number of carboxylic acids is 1. The molecule has 2 aromatic rings. The van der Waals surface area contributed by atoms with Crippen molar-refractivity contribution < 1.29 is 15.0 Å². The number of aliphatic carboxylic acids is 1. The second kappa shape index (κ2) is 7.80. The molecule has 0 atom stereocenters. The zero-order valence-corrected chi connectivity index (χ0v) is 14.2. The van der Waals surface area contributed by atoms with Gasteiger partial charge in [0, 0.05) is 10.0 Å². The first-order chi connectivity index (χ1) is 9.94. The summed E-state index contributed by atoms with van der Waals surface area (Å²) in [6.07, 6.45) is 0. The second-order valence-electron chi connectivity index (χ2n) is 4.03. The van der Waals surface area contributed by atoms with Crippen LogP contribution in [0.15, 0.2) is 48.5 Å². The summed E-state index contributed by atoms with van der Waals surface area (Å²) in [7, 11) is 0. The van der Waals surface area contributed by atoms with Crippen molar-refractivity contribution >= 4 is 45.1 Å². The smallest absolute Gasteiger partial charge is 0.345 e. The number of rotatable bonds is 3. The van der Waals surface area contributed by atoms with Crippen molar-refractivity contribution in [3.63, 3.8) is 0 Å². The molecular weight excluding hydrogens is 379 g/mol. The van der Waals surface area contributed by atoms with E-state index in [2.05, 4.69) is 15.9 Å². The van der Waals surface area contributed by atoms with Gasteiger partial charge in [-0.2, -0.15) is 0 Å². The van der Waals surface area contributed by atoms with E-state index in [0.717, 1.165) is 0 Å². The van der Waals surface area contributed by atoms with Crippen LogP contribution in [0.3, 0.4) is 0 Å². The van der Waals surface area contributed by atoms with E-state index in [1.807, 2.05) is 5.83 Å². The van der Waals surface area contributed by atoms with Gasteiger partial charge in [-0.05, 0) is 41.2 Å². The van der Waals surface area contributed by atoms with Gasteiger partial charge in [-0.3, -0.25) is 0 Å². The van der Waals surface area contributed by atoms with Crippen molar-refractivity contribution in [1.29, 1.82) is 0 Å². The molecule has 2 N–H and O–H groups in total. The van der Waals surface area contributed by atoms with E-state index >= 15 is 0 Å². The summed E-state index contributed by atoms with van der Waals surface area (Å²) in [6, 6.07) is 12.0. The van der Waals surface area contributed by atoms with Crippen molar-refractivity contribution in [1.82, 2.24) is 0 Å². The summed E-state index contributed by atoms with van der Waals surface area (Å²) < 4.78 is 0. The monoisotopic (exact) mass is 390 g/mol. The van der Waals surface area contributed by atoms with Crippen LogP contribution < -0.4 is 0 Å². The standard InChI is InChI=1S/C14H10Cl2O3.CH3Br/c15-11-5-1-9(2-6-11)14(19,13(17)18)10-3-7-12(16)8-4-10;1-2/h1-8,19H,(H,17,18);1H3. The third-order valence-electron chi connectivity index (χ3n) is 2.83. The summed E-state index contributed by atoms with van der Waals surface area (Å²) in [5.41, 5.74) is -1.67. The highest BCUT2D eigenvalue weighted by Gasteiger charge is 2.40. The largest absolute Gasteiger partial charge is 0.479 e. The number of hydrogen-bond donors (Lipinski definition) is 2. The Bertz CT molecular complexity index is 552. The van der Waals surface area contributed by atoms with Crippen molar-refractivity contribution in [2.45, 2.75) is 5.60 Å². The molecule has 0 aliphatic carbocycles. The lowest BCUT2D eigenvalue weighted by Crippen LogP contribution is -2.36. The molecule has 0 heterocycles. The molecule has 0 saturated carbocycles. The Morgan fingerprint density at radius 3 is 1.43 bits per heavy atom. The molecule has 0 bridgehead atoms. The summed E-state index contributed by atoms with van der Waals surface area (Å²) in [4.78, 5) is 11.5. The van der Waals surface area contributed by atoms with Crippen LogP contribution in [0.2, 0.25) is 10.0 Å². The fourth-order valence-electron chi connectivity index (χ4n) is 1.80. The summed E-state index contributed by atoms with van der Waals surface area (Å²) in [6.45, 7) is 0. The second-order valence-corrected chi connectivity index (χ2v) is 4.90. The molecule has 2 aromatic carbocycles. The normalized spacial score (nSPS) is 10.5. The van der Waals surface area contributed by atoms with Gasteiger partial charge in [0.05, 0.1) is 0 Å². The Kier molecular flexibility index (Phi) is 6.68. The molecule has 0 unspecified atom stereocenters. The predicted octanol–water partition coefficient (Wildman–Crippen LogP) is 4.33. The average Bonchev–Trinajstić information content (AvgIpc) is 2.49. The highest BCUT2D eigenvalue weighted by Crippen LogP contribution is 2.31. The van der Waals surface area contributed by atoms with Crippen molar-refractivity contribution in [2.75, 3.05) is 5.83 Å².